The first-order valence-electron chi connectivity index (χ1n) is 13.6. The highest BCUT2D eigenvalue weighted by atomic mass is 16.6. The van der Waals surface area contributed by atoms with Crippen molar-refractivity contribution in [2.24, 2.45) is 0 Å². The predicted octanol–water partition coefficient (Wildman–Crippen LogP) is 6.12. The molecule has 0 unspecified atom stereocenters. The molecule has 0 N–H and O–H groups in total. The maximum atomic E-state index is 12.7. The third-order valence-corrected chi connectivity index (χ3v) is 6.40. The molecule has 3 rings (SSSR count). The van der Waals surface area contributed by atoms with Crippen LogP contribution in [0.25, 0.3) is 6.08 Å². The summed E-state index contributed by atoms with van der Waals surface area (Å²) in [6.45, 7) is 10.8. The van der Waals surface area contributed by atoms with Crippen molar-refractivity contribution >= 4 is 29.8 Å². The maximum Gasteiger partial charge on any atom is 0.339 e. The number of hydrogen-bond donors (Lipinski definition) is 0. The molecule has 0 aliphatic heterocycles. The van der Waals surface area contributed by atoms with E-state index in [4.69, 9.17) is 18.9 Å². The maximum absolute atomic E-state index is 12.7. The van der Waals surface area contributed by atoms with E-state index in [0.29, 0.717) is 22.4 Å². The van der Waals surface area contributed by atoms with Crippen LogP contribution in [0.3, 0.4) is 0 Å². The van der Waals surface area contributed by atoms with Crippen molar-refractivity contribution in [3.05, 3.63) is 89.5 Å². The van der Waals surface area contributed by atoms with Crippen LogP contribution >= 0.6 is 0 Å². The second-order valence-electron chi connectivity index (χ2n) is 9.93. The molecule has 0 atom stereocenters. The summed E-state index contributed by atoms with van der Waals surface area (Å²) in [6.07, 6.45) is 7.73. The number of rotatable bonds is 13. The van der Waals surface area contributed by atoms with E-state index >= 15 is 0 Å². The van der Waals surface area contributed by atoms with E-state index in [1.54, 1.807) is 62.4 Å². The Kier molecular flexibility index (Phi) is 11.6. The van der Waals surface area contributed by atoms with Gasteiger partial charge in [-0.05, 0) is 87.1 Å². The van der Waals surface area contributed by atoms with E-state index in [1.165, 1.54) is 6.08 Å². The van der Waals surface area contributed by atoms with Gasteiger partial charge in [0.05, 0.1) is 6.42 Å². The summed E-state index contributed by atoms with van der Waals surface area (Å²) < 4.78 is 21.4. The molecule has 1 saturated carbocycles. The van der Waals surface area contributed by atoms with Crippen LogP contribution in [0.1, 0.15) is 66.9 Å². The van der Waals surface area contributed by atoms with Crippen molar-refractivity contribution in [1.29, 1.82) is 0 Å². The Bertz CT molecular complexity index is 1310. The molecule has 216 valence electrons. The smallest absolute Gasteiger partial charge is 0.339 e. The zero-order chi connectivity index (χ0) is 29.8. The third-order valence-electron chi connectivity index (χ3n) is 6.40. The van der Waals surface area contributed by atoms with Gasteiger partial charge in [-0.2, -0.15) is 0 Å². The van der Waals surface area contributed by atoms with E-state index in [1.807, 2.05) is 0 Å². The molecule has 8 heteroatoms. The van der Waals surface area contributed by atoms with E-state index in [0.717, 1.165) is 37.7 Å². The Morgan fingerprint density at radius 1 is 0.927 bits per heavy atom. The molecule has 0 heterocycles. The van der Waals surface area contributed by atoms with Crippen LogP contribution in [0.2, 0.25) is 0 Å². The molecule has 0 spiro atoms. The number of allylic oxidation sites excluding steroid dienone is 1. The summed E-state index contributed by atoms with van der Waals surface area (Å²) in [5.41, 5.74) is 2.15. The lowest BCUT2D eigenvalue weighted by molar-refractivity contribution is -0.150. The van der Waals surface area contributed by atoms with E-state index in [-0.39, 0.29) is 42.8 Å². The SMILES string of the molecule is C=C(C)C(=O)OCCOc1ccc(/C=C/C(=O)c2ccc(OC(=O)C(=C)CC(=O)OC3CCCCC3)c(C)c2)cc1. The molecule has 2 aromatic carbocycles. The summed E-state index contributed by atoms with van der Waals surface area (Å²) >= 11 is 0. The van der Waals surface area contributed by atoms with Crippen LogP contribution in [-0.4, -0.2) is 43.0 Å². The minimum atomic E-state index is -0.715. The minimum Gasteiger partial charge on any atom is -0.490 e. The lowest BCUT2D eigenvalue weighted by Gasteiger charge is -2.21. The van der Waals surface area contributed by atoms with Gasteiger partial charge in [0.25, 0.3) is 0 Å². The molecule has 1 aliphatic carbocycles. The normalized spacial score (nSPS) is 13.3. The van der Waals surface area contributed by atoms with E-state index in [9.17, 15) is 19.2 Å². The fourth-order valence-electron chi connectivity index (χ4n) is 4.11. The summed E-state index contributed by atoms with van der Waals surface area (Å²) in [5, 5.41) is 0. The molecule has 0 amide bonds. The van der Waals surface area contributed by atoms with Gasteiger partial charge in [-0.15, -0.1) is 0 Å². The molecule has 0 radical (unpaired) electrons. The lowest BCUT2D eigenvalue weighted by Crippen LogP contribution is -2.22. The summed E-state index contributed by atoms with van der Waals surface area (Å²) in [4.78, 5) is 48.7. The first kappa shape index (κ1) is 31.1. The predicted molar refractivity (Wildman–Crippen MR) is 155 cm³/mol. The summed E-state index contributed by atoms with van der Waals surface area (Å²) in [7, 11) is 0. The Hall–Kier alpha value is -4.46. The molecule has 0 aromatic heterocycles. The summed E-state index contributed by atoms with van der Waals surface area (Å²) in [6, 6.07) is 11.8. The Balaban J connectivity index is 1.47. The van der Waals surface area contributed by atoms with Gasteiger partial charge in [-0.1, -0.05) is 37.8 Å². The largest absolute Gasteiger partial charge is 0.490 e. The highest BCUT2D eigenvalue weighted by Crippen LogP contribution is 2.23. The quantitative estimate of drug-likeness (QED) is 0.0949. The zero-order valence-corrected chi connectivity index (χ0v) is 23.6. The van der Waals surface area contributed by atoms with Crippen molar-refractivity contribution in [2.75, 3.05) is 13.2 Å². The number of carbonyl (C=O) groups is 4. The van der Waals surface area contributed by atoms with E-state index in [2.05, 4.69) is 13.2 Å². The average Bonchev–Trinajstić information content (AvgIpc) is 2.95. The number of ether oxygens (including phenoxy) is 4. The Labute approximate surface area is 240 Å². The fourth-order valence-corrected chi connectivity index (χ4v) is 4.11. The monoisotopic (exact) mass is 560 g/mol. The van der Waals surface area contributed by atoms with Crippen molar-refractivity contribution in [3.8, 4) is 11.5 Å². The summed E-state index contributed by atoms with van der Waals surface area (Å²) in [5.74, 6) is -0.994. The molecular weight excluding hydrogens is 524 g/mol. The number of esters is 3. The number of carbonyl (C=O) groups excluding carboxylic acids is 4. The second-order valence-corrected chi connectivity index (χ2v) is 9.93. The van der Waals surface area contributed by atoms with Crippen LogP contribution in [0, 0.1) is 6.92 Å². The highest BCUT2D eigenvalue weighted by Gasteiger charge is 2.21. The fraction of sp³-hybridized carbons (Fsp3) is 0.333. The number of hydrogen-bond acceptors (Lipinski definition) is 8. The number of benzene rings is 2. The zero-order valence-electron chi connectivity index (χ0n) is 23.6. The van der Waals surface area contributed by atoms with Crippen LogP contribution < -0.4 is 9.47 Å². The molecule has 8 nitrogen and oxygen atoms in total. The van der Waals surface area contributed by atoms with Gasteiger partial charge in [0, 0.05) is 16.7 Å². The van der Waals surface area contributed by atoms with Crippen LogP contribution in [0.4, 0.5) is 0 Å². The van der Waals surface area contributed by atoms with Gasteiger partial charge >= 0.3 is 17.9 Å². The topological polar surface area (TPSA) is 105 Å². The van der Waals surface area contributed by atoms with Crippen LogP contribution in [0.15, 0.2) is 72.8 Å². The van der Waals surface area contributed by atoms with Crippen molar-refractivity contribution in [1.82, 2.24) is 0 Å². The Morgan fingerprint density at radius 3 is 2.29 bits per heavy atom. The highest BCUT2D eigenvalue weighted by molar-refractivity contribution is 6.07. The van der Waals surface area contributed by atoms with Gasteiger partial charge < -0.3 is 18.9 Å². The van der Waals surface area contributed by atoms with Crippen molar-refractivity contribution < 1.29 is 38.1 Å². The van der Waals surface area contributed by atoms with Crippen LogP contribution in [0.5, 0.6) is 11.5 Å². The minimum absolute atomic E-state index is 0.0101. The third kappa shape index (κ3) is 10.2. The first-order valence-corrected chi connectivity index (χ1v) is 13.6. The molecule has 0 bridgehead atoms. The standard InChI is InChI=1S/C33H36O8/c1-22(2)32(36)39-19-18-38-27-14-10-25(11-15-27)12-16-29(34)26-13-17-30(23(3)20-26)41-33(37)24(4)21-31(35)40-28-8-6-5-7-9-28/h10-17,20,28H,1,4-9,18-19,21H2,2-3H3/b16-12+. The molecule has 2 aromatic rings. The van der Waals surface area contributed by atoms with Gasteiger partial charge in [0.2, 0.25) is 0 Å². The molecule has 1 aliphatic rings. The van der Waals surface area contributed by atoms with Crippen molar-refractivity contribution in [2.45, 2.75) is 58.5 Å². The number of ketones is 1. The van der Waals surface area contributed by atoms with Gasteiger partial charge in [-0.25, -0.2) is 9.59 Å². The first-order chi connectivity index (χ1) is 19.6. The molecule has 0 saturated heterocycles. The second kappa shape index (κ2) is 15.4. The van der Waals surface area contributed by atoms with Crippen LogP contribution in [-0.2, 0) is 23.9 Å². The van der Waals surface area contributed by atoms with E-state index < -0.39 is 17.9 Å². The van der Waals surface area contributed by atoms with Gasteiger partial charge in [0.15, 0.2) is 5.78 Å². The van der Waals surface area contributed by atoms with Crippen molar-refractivity contribution in [3.63, 3.8) is 0 Å². The lowest BCUT2D eigenvalue weighted by atomic mass is 9.98. The molecule has 1 fully saturated rings. The van der Waals surface area contributed by atoms with Gasteiger partial charge in [-0.3, -0.25) is 9.59 Å². The Morgan fingerprint density at radius 2 is 1.63 bits per heavy atom. The number of aryl methyl sites for hydroxylation is 1. The molecular formula is C33H36O8. The molecule has 41 heavy (non-hydrogen) atoms. The average molecular weight is 561 g/mol. The van der Waals surface area contributed by atoms with Gasteiger partial charge in [0.1, 0.15) is 30.8 Å².